The van der Waals surface area contributed by atoms with Crippen LogP contribution in [0.25, 0.3) is 10.2 Å². The zero-order chi connectivity index (χ0) is 25.8. The lowest BCUT2D eigenvalue weighted by molar-refractivity contribution is 0.0997. The van der Waals surface area contributed by atoms with Gasteiger partial charge in [0.2, 0.25) is 20.0 Å². The third-order valence-corrected chi connectivity index (χ3v) is 9.29. The molecule has 1 heterocycles. The van der Waals surface area contributed by atoms with Crippen LogP contribution in [0.3, 0.4) is 0 Å². The van der Waals surface area contributed by atoms with Crippen molar-refractivity contribution in [2.75, 3.05) is 13.1 Å². The van der Waals surface area contributed by atoms with E-state index in [1.54, 1.807) is 23.6 Å². The third-order valence-electron chi connectivity index (χ3n) is 5.34. The quantitative estimate of drug-likeness (QED) is 0.398. The highest BCUT2D eigenvalue weighted by Crippen LogP contribution is 2.22. The van der Waals surface area contributed by atoms with Crippen LogP contribution in [0.5, 0.6) is 0 Å². The van der Waals surface area contributed by atoms with Gasteiger partial charge >= 0.3 is 0 Å². The Hall–Kier alpha value is -2.64. The zero-order valence-electron chi connectivity index (χ0n) is 19.5. The zero-order valence-corrected chi connectivity index (χ0v) is 22.0. The first-order valence-corrected chi connectivity index (χ1v) is 14.8. The summed E-state index contributed by atoms with van der Waals surface area (Å²) in [6.07, 6.45) is 3.29. The van der Waals surface area contributed by atoms with Crippen molar-refractivity contribution in [2.45, 2.75) is 43.0 Å². The number of hydrogen-bond donors (Lipinski definition) is 1. The third kappa shape index (κ3) is 5.96. The molecule has 0 unspecified atom stereocenters. The van der Waals surface area contributed by atoms with E-state index in [0.717, 1.165) is 24.2 Å². The topological polar surface area (TPSA) is 132 Å². The van der Waals surface area contributed by atoms with Gasteiger partial charge in [-0.05, 0) is 48.9 Å². The predicted molar refractivity (Wildman–Crippen MR) is 137 cm³/mol. The largest absolute Gasteiger partial charge is 0.312 e. The van der Waals surface area contributed by atoms with E-state index in [9.17, 15) is 21.6 Å². The Morgan fingerprint density at radius 2 is 1.77 bits per heavy atom. The number of aromatic nitrogens is 1. The normalized spacial score (nSPS) is 13.0. The van der Waals surface area contributed by atoms with Crippen LogP contribution in [0.4, 0.5) is 0 Å². The van der Waals surface area contributed by atoms with Crippen molar-refractivity contribution in [3.8, 4) is 0 Å². The van der Waals surface area contributed by atoms with Crippen molar-refractivity contribution < 1.29 is 21.6 Å². The molecule has 3 aromatic rings. The molecule has 3 rings (SSSR count). The standard InChI is InChI=1S/C23H28N4O5S3/c1-4-7-15-26(6-3)35(31,32)18-10-8-17(9-11-18)22(28)25-23-27(14-5-2)20-13-12-19(34(24,29)30)16-21(20)33-23/h5,8-13,16H,2,4,6-7,14-15H2,1,3H3,(H2,24,29,30). The maximum absolute atomic E-state index is 12.9. The van der Waals surface area contributed by atoms with Crippen LogP contribution in [0.1, 0.15) is 37.0 Å². The Kier molecular flexibility index (Phi) is 8.44. The summed E-state index contributed by atoms with van der Waals surface area (Å²) in [5.74, 6) is -0.552. The Bertz CT molecular complexity index is 1520. The average molecular weight is 537 g/mol. The Labute approximate surface area is 209 Å². The molecule has 0 spiro atoms. The molecule has 0 atom stereocenters. The molecular formula is C23H28N4O5S3. The molecule has 1 amide bonds. The molecule has 2 N–H and O–H groups in total. The maximum Gasteiger partial charge on any atom is 0.279 e. The number of amides is 1. The lowest BCUT2D eigenvalue weighted by Crippen LogP contribution is -2.31. The Morgan fingerprint density at radius 1 is 1.11 bits per heavy atom. The van der Waals surface area contributed by atoms with Crippen LogP contribution in [0.15, 0.2) is 69.9 Å². The van der Waals surface area contributed by atoms with Gasteiger partial charge in [0.05, 0.1) is 20.0 Å². The number of carbonyl (C=O) groups is 1. The summed E-state index contributed by atoms with van der Waals surface area (Å²) < 4.78 is 53.0. The summed E-state index contributed by atoms with van der Waals surface area (Å²) in [5, 5.41) is 5.23. The Balaban J connectivity index is 1.98. The number of rotatable bonds is 10. The van der Waals surface area contributed by atoms with Crippen molar-refractivity contribution in [1.29, 1.82) is 0 Å². The fraction of sp³-hybridized carbons (Fsp3) is 0.304. The summed E-state index contributed by atoms with van der Waals surface area (Å²) in [5.41, 5.74) is 0.912. The monoisotopic (exact) mass is 536 g/mol. The van der Waals surface area contributed by atoms with Gasteiger partial charge in [0.1, 0.15) is 0 Å². The number of allylic oxidation sites excluding steroid dienone is 1. The van der Waals surface area contributed by atoms with Gasteiger partial charge in [-0.3, -0.25) is 4.79 Å². The lowest BCUT2D eigenvalue weighted by atomic mass is 10.2. The van der Waals surface area contributed by atoms with Crippen molar-refractivity contribution in [1.82, 2.24) is 8.87 Å². The number of fused-ring (bicyclic) bond motifs is 1. The van der Waals surface area contributed by atoms with Gasteiger partial charge in [-0.2, -0.15) is 9.30 Å². The molecule has 0 fully saturated rings. The summed E-state index contributed by atoms with van der Waals surface area (Å²) in [6, 6.07) is 10.1. The van der Waals surface area contributed by atoms with Crippen LogP contribution in [-0.2, 0) is 26.6 Å². The van der Waals surface area contributed by atoms with Gasteiger partial charge in [-0.15, -0.1) is 6.58 Å². The molecule has 0 aliphatic carbocycles. The van der Waals surface area contributed by atoms with Crippen LogP contribution in [0.2, 0.25) is 0 Å². The summed E-state index contributed by atoms with van der Waals surface area (Å²) in [6.45, 7) is 8.67. The van der Waals surface area contributed by atoms with E-state index < -0.39 is 26.0 Å². The first-order chi connectivity index (χ1) is 16.5. The van der Waals surface area contributed by atoms with Crippen LogP contribution >= 0.6 is 11.3 Å². The fourth-order valence-corrected chi connectivity index (χ4v) is 6.65. The van der Waals surface area contributed by atoms with Crippen molar-refractivity contribution in [3.63, 3.8) is 0 Å². The van der Waals surface area contributed by atoms with Gasteiger partial charge in [-0.1, -0.05) is 37.7 Å². The molecule has 35 heavy (non-hydrogen) atoms. The Morgan fingerprint density at radius 3 is 2.34 bits per heavy atom. The minimum atomic E-state index is -3.88. The van der Waals surface area contributed by atoms with Gasteiger partial charge in [0.25, 0.3) is 5.91 Å². The molecule has 0 saturated carbocycles. The van der Waals surface area contributed by atoms with Gasteiger partial charge < -0.3 is 4.57 Å². The number of unbranched alkanes of at least 4 members (excludes halogenated alkanes) is 1. The SMILES string of the molecule is C=CCn1c(=NC(=O)c2ccc(S(=O)(=O)N(CC)CCCC)cc2)sc2cc(S(N)(=O)=O)ccc21. The van der Waals surface area contributed by atoms with E-state index in [2.05, 4.69) is 11.6 Å². The van der Waals surface area contributed by atoms with E-state index in [1.807, 2.05) is 6.92 Å². The second kappa shape index (κ2) is 11.0. The summed E-state index contributed by atoms with van der Waals surface area (Å²) >= 11 is 1.14. The predicted octanol–water partition coefficient (Wildman–Crippen LogP) is 3.09. The van der Waals surface area contributed by atoms with E-state index >= 15 is 0 Å². The number of nitrogens with two attached hydrogens (primary N) is 1. The second-order valence-corrected chi connectivity index (χ2v) is 12.3. The van der Waals surface area contributed by atoms with E-state index in [1.165, 1.54) is 40.7 Å². The average Bonchev–Trinajstić information content (AvgIpc) is 3.15. The van der Waals surface area contributed by atoms with E-state index in [4.69, 9.17) is 5.14 Å². The number of benzene rings is 2. The maximum atomic E-state index is 12.9. The molecule has 9 nitrogen and oxygen atoms in total. The molecule has 1 aromatic heterocycles. The van der Waals surface area contributed by atoms with Crippen molar-refractivity contribution in [2.24, 2.45) is 10.1 Å². The number of thiazole rings is 1. The molecule has 12 heteroatoms. The highest BCUT2D eigenvalue weighted by Gasteiger charge is 2.23. The van der Waals surface area contributed by atoms with Crippen molar-refractivity contribution in [3.05, 3.63) is 65.5 Å². The number of nitrogens with zero attached hydrogens (tertiary/aromatic N) is 3. The van der Waals surface area contributed by atoms with Gasteiger partial charge in [0, 0.05) is 25.2 Å². The molecule has 188 valence electrons. The van der Waals surface area contributed by atoms with Gasteiger partial charge in [-0.25, -0.2) is 22.0 Å². The van der Waals surface area contributed by atoms with Gasteiger partial charge in [0.15, 0.2) is 4.80 Å². The number of hydrogen-bond acceptors (Lipinski definition) is 6. The number of primary sulfonamides is 1. The minimum Gasteiger partial charge on any atom is -0.312 e. The molecule has 0 aliphatic heterocycles. The molecular weight excluding hydrogens is 508 g/mol. The first kappa shape index (κ1) is 27.0. The molecule has 2 aromatic carbocycles. The highest BCUT2D eigenvalue weighted by atomic mass is 32.2. The molecule has 0 aliphatic rings. The summed E-state index contributed by atoms with van der Waals surface area (Å²) in [7, 11) is -7.53. The minimum absolute atomic E-state index is 0.0354. The lowest BCUT2D eigenvalue weighted by Gasteiger charge is -2.20. The smallest absolute Gasteiger partial charge is 0.279 e. The molecule has 0 saturated heterocycles. The van der Waals surface area contributed by atoms with Crippen LogP contribution < -0.4 is 9.94 Å². The van der Waals surface area contributed by atoms with Crippen LogP contribution in [0, 0.1) is 0 Å². The van der Waals surface area contributed by atoms with E-state index in [-0.39, 0.29) is 15.4 Å². The van der Waals surface area contributed by atoms with E-state index in [0.29, 0.717) is 34.7 Å². The highest BCUT2D eigenvalue weighted by molar-refractivity contribution is 7.89. The second-order valence-electron chi connectivity index (χ2n) is 7.75. The van der Waals surface area contributed by atoms with Crippen LogP contribution in [-0.4, -0.2) is 44.7 Å². The number of carbonyl (C=O) groups excluding carboxylic acids is 1. The van der Waals surface area contributed by atoms with Crippen molar-refractivity contribution >= 4 is 47.5 Å². The molecule has 0 bridgehead atoms. The summed E-state index contributed by atoms with van der Waals surface area (Å²) in [4.78, 5) is 17.5. The fourth-order valence-electron chi connectivity index (χ4n) is 3.47. The number of sulfonamides is 2. The molecule has 0 radical (unpaired) electrons. The first-order valence-electron chi connectivity index (χ1n) is 11.0.